The van der Waals surface area contributed by atoms with E-state index in [1.165, 1.54) is 0 Å². The van der Waals surface area contributed by atoms with Gasteiger partial charge in [0.15, 0.2) is 0 Å². The van der Waals surface area contributed by atoms with Crippen molar-refractivity contribution in [2.75, 3.05) is 12.4 Å². The lowest BCUT2D eigenvalue weighted by Gasteiger charge is -2.07. The van der Waals surface area contributed by atoms with Crippen LogP contribution < -0.4 is 10.9 Å². The normalized spacial score (nSPS) is 11.4. The lowest BCUT2D eigenvalue weighted by Crippen LogP contribution is -2.01. The predicted octanol–water partition coefficient (Wildman–Crippen LogP) is 4.75. The number of anilines is 1. The van der Waals surface area contributed by atoms with Crippen molar-refractivity contribution < 1.29 is 4.42 Å². The van der Waals surface area contributed by atoms with Crippen molar-refractivity contribution in [1.82, 2.24) is 0 Å². The zero-order valence-electron chi connectivity index (χ0n) is 11.8. The molecule has 0 fully saturated rings. The number of nitrogens with one attached hydrogen (secondary N) is 1. The average Bonchev–Trinajstić information content (AvgIpc) is 2.53. The lowest BCUT2D eigenvalue weighted by molar-refractivity contribution is 0.570. The molecule has 0 atom stereocenters. The molecule has 1 heterocycles. The molecular formula is C18H12INO2. The molecule has 1 N–H and O–H groups in total. The molecule has 0 spiro atoms. The highest BCUT2D eigenvalue weighted by Gasteiger charge is 2.11. The van der Waals surface area contributed by atoms with Crippen molar-refractivity contribution in [2.45, 2.75) is 0 Å². The Morgan fingerprint density at radius 1 is 0.955 bits per heavy atom. The Labute approximate surface area is 140 Å². The Kier molecular flexibility index (Phi) is 3.07. The lowest BCUT2D eigenvalue weighted by atomic mass is 10.0. The van der Waals surface area contributed by atoms with Crippen LogP contribution in [0.15, 0.2) is 57.7 Å². The highest BCUT2D eigenvalue weighted by molar-refractivity contribution is 14.1. The van der Waals surface area contributed by atoms with Crippen LogP contribution >= 0.6 is 22.6 Å². The number of hydrogen-bond donors (Lipinski definition) is 1. The molecule has 0 aliphatic carbocycles. The maximum absolute atomic E-state index is 12.5. The second-order valence-electron chi connectivity index (χ2n) is 5.20. The third-order valence-corrected chi connectivity index (χ3v) is 4.62. The summed E-state index contributed by atoms with van der Waals surface area (Å²) in [7, 11) is 1.84. The summed E-state index contributed by atoms with van der Waals surface area (Å²) in [5.74, 6) is 0. The van der Waals surface area contributed by atoms with E-state index in [4.69, 9.17) is 4.42 Å². The smallest absolute Gasteiger partial charge is 0.344 e. The first-order valence-corrected chi connectivity index (χ1v) is 8.02. The maximum Gasteiger partial charge on any atom is 0.344 e. The molecule has 0 radical (unpaired) electrons. The van der Waals surface area contributed by atoms with Crippen molar-refractivity contribution >= 4 is 60.8 Å². The van der Waals surface area contributed by atoms with E-state index in [1.54, 1.807) is 0 Å². The van der Waals surface area contributed by atoms with Crippen molar-refractivity contribution in [3.8, 4) is 0 Å². The van der Waals surface area contributed by atoms with Crippen LogP contribution in [0.1, 0.15) is 0 Å². The van der Waals surface area contributed by atoms with Crippen LogP contribution in [0.5, 0.6) is 0 Å². The quantitative estimate of drug-likeness (QED) is 0.285. The van der Waals surface area contributed by atoms with Crippen molar-refractivity contribution in [3.63, 3.8) is 0 Å². The molecule has 0 aliphatic rings. The summed E-state index contributed by atoms with van der Waals surface area (Å²) in [5, 5.41) is 7.59. The van der Waals surface area contributed by atoms with E-state index >= 15 is 0 Å². The van der Waals surface area contributed by atoms with E-state index in [0.29, 0.717) is 11.0 Å². The molecule has 22 heavy (non-hydrogen) atoms. The van der Waals surface area contributed by atoms with Gasteiger partial charge < -0.3 is 9.73 Å². The number of benzene rings is 3. The summed E-state index contributed by atoms with van der Waals surface area (Å²) in [6, 6.07) is 16.0. The maximum atomic E-state index is 12.5. The van der Waals surface area contributed by atoms with Crippen molar-refractivity contribution in [2.24, 2.45) is 0 Å². The minimum atomic E-state index is -0.289. The summed E-state index contributed by atoms with van der Waals surface area (Å²) >= 11 is 2.27. The summed E-state index contributed by atoms with van der Waals surface area (Å²) in [6.45, 7) is 0. The Bertz CT molecular complexity index is 1100. The van der Waals surface area contributed by atoms with Crippen LogP contribution in [0.4, 0.5) is 5.69 Å². The molecule has 0 saturated heterocycles. The monoisotopic (exact) mass is 401 g/mol. The second-order valence-corrected chi connectivity index (χ2v) is 6.45. The molecule has 3 nitrogen and oxygen atoms in total. The molecule has 0 saturated carbocycles. The highest BCUT2D eigenvalue weighted by atomic mass is 127. The van der Waals surface area contributed by atoms with Gasteiger partial charge >= 0.3 is 5.63 Å². The SMILES string of the molecule is CNc1ccc2c(c1)oc(=O)c1c3ccc(I)cc3ccc21. The van der Waals surface area contributed by atoms with Gasteiger partial charge in [0.05, 0.1) is 5.39 Å². The van der Waals surface area contributed by atoms with Crippen LogP contribution in [0, 0.1) is 3.57 Å². The van der Waals surface area contributed by atoms with E-state index in [0.717, 1.165) is 30.8 Å². The van der Waals surface area contributed by atoms with Crippen molar-refractivity contribution in [3.05, 3.63) is 62.5 Å². The van der Waals surface area contributed by atoms with Crippen LogP contribution in [-0.2, 0) is 0 Å². The Morgan fingerprint density at radius 2 is 1.73 bits per heavy atom. The molecule has 0 unspecified atom stereocenters. The Morgan fingerprint density at radius 3 is 2.55 bits per heavy atom. The topological polar surface area (TPSA) is 42.2 Å². The molecule has 0 bridgehead atoms. The zero-order chi connectivity index (χ0) is 15.3. The largest absolute Gasteiger partial charge is 0.422 e. The molecule has 4 aromatic rings. The van der Waals surface area contributed by atoms with E-state index in [9.17, 15) is 4.79 Å². The Balaban J connectivity index is 2.23. The standard InChI is InChI=1S/C18H12INO2/c1-20-12-4-7-14-15-5-2-10-8-11(19)3-6-13(10)17(15)18(21)22-16(14)9-12/h2-9,20H,1H3. The van der Waals surface area contributed by atoms with Gasteiger partial charge in [-0.05, 0) is 57.6 Å². The number of fused-ring (bicyclic) bond motifs is 5. The number of rotatable bonds is 1. The first-order valence-electron chi connectivity index (χ1n) is 6.94. The summed E-state index contributed by atoms with van der Waals surface area (Å²) in [6.07, 6.45) is 0. The molecule has 4 heteroatoms. The summed E-state index contributed by atoms with van der Waals surface area (Å²) < 4.78 is 6.70. The van der Waals surface area contributed by atoms with Crippen LogP contribution in [0.2, 0.25) is 0 Å². The first-order chi connectivity index (χ1) is 10.7. The van der Waals surface area contributed by atoms with Gasteiger partial charge in [-0.25, -0.2) is 4.79 Å². The number of hydrogen-bond acceptors (Lipinski definition) is 3. The third kappa shape index (κ3) is 1.98. The van der Waals surface area contributed by atoms with Gasteiger partial charge in [0, 0.05) is 33.1 Å². The molecular weight excluding hydrogens is 389 g/mol. The fourth-order valence-corrected chi connectivity index (χ4v) is 3.40. The molecule has 3 aromatic carbocycles. The minimum absolute atomic E-state index is 0.289. The van der Waals surface area contributed by atoms with E-state index < -0.39 is 0 Å². The van der Waals surface area contributed by atoms with Gasteiger partial charge in [-0.1, -0.05) is 18.2 Å². The van der Waals surface area contributed by atoms with Crippen LogP contribution in [0.25, 0.3) is 32.5 Å². The van der Waals surface area contributed by atoms with E-state index in [2.05, 4.69) is 40.0 Å². The van der Waals surface area contributed by atoms with Crippen molar-refractivity contribution in [1.29, 1.82) is 0 Å². The second kappa shape index (κ2) is 4.98. The van der Waals surface area contributed by atoms with Gasteiger partial charge in [0.2, 0.25) is 0 Å². The van der Waals surface area contributed by atoms with Crippen LogP contribution in [0.3, 0.4) is 0 Å². The first kappa shape index (κ1) is 13.6. The fourth-order valence-electron chi connectivity index (χ4n) is 2.88. The number of halogens is 1. The molecule has 4 rings (SSSR count). The molecule has 0 aliphatic heterocycles. The molecule has 0 amide bonds. The predicted molar refractivity (Wildman–Crippen MR) is 99.8 cm³/mol. The minimum Gasteiger partial charge on any atom is -0.422 e. The highest BCUT2D eigenvalue weighted by Crippen LogP contribution is 2.30. The summed E-state index contributed by atoms with van der Waals surface area (Å²) in [4.78, 5) is 12.5. The zero-order valence-corrected chi connectivity index (χ0v) is 14.0. The molecule has 1 aromatic heterocycles. The van der Waals surface area contributed by atoms with Gasteiger partial charge in [0.1, 0.15) is 5.58 Å². The Hall–Kier alpha value is -2.08. The van der Waals surface area contributed by atoms with Gasteiger partial charge in [-0.3, -0.25) is 0 Å². The molecule has 108 valence electrons. The average molecular weight is 401 g/mol. The van der Waals surface area contributed by atoms with E-state index in [1.807, 2.05) is 43.4 Å². The third-order valence-electron chi connectivity index (χ3n) is 3.95. The fraction of sp³-hybridized carbons (Fsp3) is 0.0556. The van der Waals surface area contributed by atoms with Gasteiger partial charge in [-0.15, -0.1) is 0 Å². The van der Waals surface area contributed by atoms with Crippen LogP contribution in [-0.4, -0.2) is 7.05 Å². The van der Waals surface area contributed by atoms with E-state index in [-0.39, 0.29) is 5.63 Å². The van der Waals surface area contributed by atoms with Gasteiger partial charge in [-0.2, -0.15) is 0 Å². The summed E-state index contributed by atoms with van der Waals surface area (Å²) in [5.41, 5.74) is 1.24. The van der Waals surface area contributed by atoms with Gasteiger partial charge in [0.25, 0.3) is 0 Å².